The van der Waals surface area contributed by atoms with E-state index in [0.29, 0.717) is 6.61 Å². The molecule has 1 rings (SSSR count). The number of likely N-dealkylation sites (N-methyl/N-ethyl adjacent to an activating group) is 1. The Bertz CT molecular complexity index is 775. The highest BCUT2D eigenvalue weighted by atomic mass is 17.2. The third-order valence-electron chi connectivity index (χ3n) is 4.68. The summed E-state index contributed by atoms with van der Waals surface area (Å²) in [5, 5.41) is 33.8. The van der Waals surface area contributed by atoms with Crippen molar-refractivity contribution in [3.8, 4) is 0 Å². The minimum atomic E-state index is -2.74. The van der Waals surface area contributed by atoms with Crippen LogP contribution in [0, 0.1) is 0 Å². The molecule has 0 aliphatic rings. The van der Waals surface area contributed by atoms with Crippen LogP contribution in [-0.4, -0.2) is 74.5 Å². The maximum atomic E-state index is 12.3. The highest BCUT2D eigenvalue weighted by Gasteiger charge is 2.40. The molecule has 1 atom stereocenters. The lowest BCUT2D eigenvalue weighted by Crippen LogP contribution is -2.42. The van der Waals surface area contributed by atoms with E-state index >= 15 is 0 Å². The fraction of sp³-hybridized carbons (Fsp3) is 0.545. The molecule has 0 saturated heterocycles. The van der Waals surface area contributed by atoms with Crippen molar-refractivity contribution in [2.24, 2.45) is 0 Å². The highest BCUT2D eigenvalue weighted by molar-refractivity contribution is 5.88. The van der Waals surface area contributed by atoms with Gasteiger partial charge in [-0.25, -0.2) is 9.59 Å². The normalized spacial score (nSPS) is 11.8. The second-order valence-electron chi connectivity index (χ2n) is 6.96. The second-order valence-corrected chi connectivity index (χ2v) is 6.96. The van der Waals surface area contributed by atoms with Crippen LogP contribution >= 0.6 is 0 Å². The van der Waals surface area contributed by atoms with Gasteiger partial charge in [-0.2, -0.15) is 4.89 Å². The Balaban J connectivity index is 0.000000684. The zero-order chi connectivity index (χ0) is 25.6. The van der Waals surface area contributed by atoms with Gasteiger partial charge in [-0.1, -0.05) is 45.0 Å². The average Bonchev–Trinajstić information content (AvgIpc) is 2.75. The molecule has 4 N–H and O–H groups in total. The van der Waals surface area contributed by atoms with Gasteiger partial charge in [0.25, 0.3) is 0 Å². The molecular weight excluding hydrogens is 438 g/mol. The van der Waals surface area contributed by atoms with Gasteiger partial charge in [-0.3, -0.25) is 19.4 Å². The van der Waals surface area contributed by atoms with Crippen molar-refractivity contribution in [1.29, 1.82) is 0 Å². The largest absolute Gasteiger partial charge is 0.481 e. The summed E-state index contributed by atoms with van der Waals surface area (Å²) in [6.45, 7) is 9.87. The SMILES string of the molecule is CCOOC(=O)C(c1ccccc1CC)N(CC)CC.O=C(O)CC(O)(CC(=O)O)C(=O)O. The first kappa shape index (κ1) is 30.0. The van der Waals surface area contributed by atoms with Crippen molar-refractivity contribution >= 4 is 23.9 Å². The monoisotopic (exact) mass is 471 g/mol. The van der Waals surface area contributed by atoms with Crippen LogP contribution in [0.15, 0.2) is 24.3 Å². The number of aryl methyl sites for hydroxylation is 1. The molecule has 0 bridgehead atoms. The van der Waals surface area contributed by atoms with E-state index in [1.54, 1.807) is 6.92 Å². The van der Waals surface area contributed by atoms with Crippen molar-refractivity contribution < 1.29 is 49.4 Å². The van der Waals surface area contributed by atoms with Crippen LogP contribution in [0.5, 0.6) is 0 Å². The molecule has 1 unspecified atom stereocenters. The lowest BCUT2D eigenvalue weighted by molar-refractivity contribution is -0.274. The van der Waals surface area contributed by atoms with Crippen molar-refractivity contribution in [2.75, 3.05) is 19.7 Å². The predicted octanol–water partition coefficient (Wildman–Crippen LogP) is 1.88. The number of nitrogens with zero attached hydrogens (tertiary/aromatic N) is 1. The van der Waals surface area contributed by atoms with E-state index in [4.69, 9.17) is 30.2 Å². The van der Waals surface area contributed by atoms with Gasteiger partial charge in [0.15, 0.2) is 5.60 Å². The van der Waals surface area contributed by atoms with Gasteiger partial charge in [-0.15, -0.1) is 0 Å². The molecule has 0 spiro atoms. The summed E-state index contributed by atoms with van der Waals surface area (Å²) >= 11 is 0. The maximum absolute atomic E-state index is 12.3. The second kappa shape index (κ2) is 14.9. The number of rotatable bonds is 13. The van der Waals surface area contributed by atoms with E-state index in [1.807, 2.05) is 32.0 Å². The first-order valence-electron chi connectivity index (χ1n) is 10.5. The number of benzene rings is 1. The van der Waals surface area contributed by atoms with Crippen molar-refractivity contribution in [3.05, 3.63) is 35.4 Å². The summed E-state index contributed by atoms with van der Waals surface area (Å²) in [7, 11) is 0. The third kappa shape index (κ3) is 9.98. The molecule has 0 radical (unpaired) electrons. The zero-order valence-corrected chi connectivity index (χ0v) is 19.3. The van der Waals surface area contributed by atoms with Gasteiger partial charge in [0.1, 0.15) is 6.04 Å². The number of carboxylic acid groups (broad SMARTS) is 3. The summed E-state index contributed by atoms with van der Waals surface area (Å²) in [6, 6.07) is 7.59. The molecule has 0 aromatic heterocycles. The molecule has 0 amide bonds. The Morgan fingerprint density at radius 3 is 1.85 bits per heavy atom. The molecule has 11 heteroatoms. The summed E-state index contributed by atoms with van der Waals surface area (Å²) < 4.78 is 0. The highest BCUT2D eigenvalue weighted by Crippen LogP contribution is 2.26. The van der Waals surface area contributed by atoms with Crippen molar-refractivity contribution in [3.63, 3.8) is 0 Å². The number of aliphatic hydroxyl groups is 1. The molecule has 0 saturated carbocycles. The van der Waals surface area contributed by atoms with Gasteiger partial charge in [0.2, 0.25) is 0 Å². The topological polar surface area (TPSA) is 171 Å². The van der Waals surface area contributed by atoms with Crippen LogP contribution in [-0.2, 0) is 35.4 Å². The summed E-state index contributed by atoms with van der Waals surface area (Å²) in [5.41, 5.74) is -0.571. The minimum Gasteiger partial charge on any atom is -0.481 e. The van der Waals surface area contributed by atoms with Crippen LogP contribution in [0.25, 0.3) is 0 Å². The van der Waals surface area contributed by atoms with Crippen LogP contribution in [0.2, 0.25) is 0 Å². The molecular formula is C22H33NO10. The number of carbonyl (C=O) groups excluding carboxylic acids is 1. The first-order valence-corrected chi connectivity index (χ1v) is 10.5. The van der Waals surface area contributed by atoms with E-state index in [1.165, 1.54) is 0 Å². The van der Waals surface area contributed by atoms with E-state index in [-0.39, 0.29) is 5.97 Å². The van der Waals surface area contributed by atoms with Gasteiger partial charge >= 0.3 is 23.9 Å². The van der Waals surface area contributed by atoms with Crippen LogP contribution in [0.4, 0.5) is 0 Å². The van der Waals surface area contributed by atoms with E-state index in [0.717, 1.165) is 30.6 Å². The lowest BCUT2D eigenvalue weighted by atomic mass is 9.96. The Labute approximate surface area is 192 Å². The average molecular weight is 472 g/mol. The number of carbonyl (C=O) groups is 4. The Morgan fingerprint density at radius 2 is 1.45 bits per heavy atom. The van der Waals surface area contributed by atoms with Gasteiger partial charge in [0, 0.05) is 0 Å². The van der Waals surface area contributed by atoms with Crippen molar-refractivity contribution in [2.45, 2.75) is 58.6 Å². The quantitative estimate of drug-likeness (QED) is 0.244. The van der Waals surface area contributed by atoms with Crippen LogP contribution in [0.1, 0.15) is 57.7 Å². The third-order valence-corrected chi connectivity index (χ3v) is 4.68. The van der Waals surface area contributed by atoms with Crippen molar-refractivity contribution in [1.82, 2.24) is 4.90 Å². The summed E-state index contributed by atoms with van der Waals surface area (Å²) in [6.07, 6.45) is -1.40. The summed E-state index contributed by atoms with van der Waals surface area (Å²) in [5.74, 6) is -5.37. The molecule has 0 fully saturated rings. The molecule has 0 aliphatic heterocycles. The lowest BCUT2D eigenvalue weighted by Gasteiger charge is -2.28. The Morgan fingerprint density at radius 1 is 0.939 bits per heavy atom. The molecule has 33 heavy (non-hydrogen) atoms. The Hall–Kier alpha value is -3.02. The van der Waals surface area contributed by atoms with E-state index in [9.17, 15) is 19.2 Å². The van der Waals surface area contributed by atoms with Gasteiger partial charge in [-0.05, 0) is 37.6 Å². The molecule has 11 nitrogen and oxygen atoms in total. The van der Waals surface area contributed by atoms with E-state index in [2.05, 4.69) is 17.9 Å². The van der Waals surface area contributed by atoms with Gasteiger partial charge < -0.3 is 20.4 Å². The number of hydrogen-bond acceptors (Lipinski definition) is 8. The molecule has 1 aromatic carbocycles. The van der Waals surface area contributed by atoms with Crippen LogP contribution < -0.4 is 0 Å². The fourth-order valence-corrected chi connectivity index (χ4v) is 3.06. The van der Waals surface area contributed by atoms with E-state index < -0.39 is 42.4 Å². The maximum Gasteiger partial charge on any atom is 0.363 e. The Kier molecular flexibility index (Phi) is 13.6. The predicted molar refractivity (Wildman–Crippen MR) is 116 cm³/mol. The fourth-order valence-electron chi connectivity index (χ4n) is 3.06. The standard InChI is InChI=1S/C16H25NO3.C6H8O7/c1-5-13-11-9-10-12-14(13)15(17(6-2)7-3)16(18)20-19-8-4;7-3(8)1-6(13,5(11)12)2-4(9)10/h9-12,15H,5-8H2,1-4H3;13H,1-2H2,(H,7,8)(H,9,10)(H,11,12). The van der Waals surface area contributed by atoms with Crippen LogP contribution in [0.3, 0.4) is 0 Å². The molecule has 0 heterocycles. The number of carboxylic acids is 3. The number of aliphatic carboxylic acids is 3. The molecule has 186 valence electrons. The molecule has 0 aliphatic carbocycles. The summed E-state index contributed by atoms with van der Waals surface area (Å²) in [4.78, 5) is 54.7. The first-order chi connectivity index (χ1) is 15.5. The molecule has 1 aromatic rings. The minimum absolute atomic E-state index is 0.351. The smallest absolute Gasteiger partial charge is 0.363 e. The van der Waals surface area contributed by atoms with Gasteiger partial charge in [0.05, 0.1) is 19.4 Å². The zero-order valence-electron chi connectivity index (χ0n) is 19.3. The number of hydrogen-bond donors (Lipinski definition) is 4.